The summed E-state index contributed by atoms with van der Waals surface area (Å²) in [6.45, 7) is 4.51. The first-order chi connectivity index (χ1) is 7.86. The zero-order valence-corrected chi connectivity index (χ0v) is 9.56. The Labute approximate surface area is 96.0 Å². The van der Waals surface area contributed by atoms with Crippen molar-refractivity contribution in [3.8, 4) is 0 Å². The monoisotopic (exact) mass is 219 g/mol. The summed E-state index contributed by atoms with van der Waals surface area (Å²) in [4.78, 5) is 13.3. The van der Waals surface area contributed by atoms with E-state index in [4.69, 9.17) is 4.74 Å². The lowest BCUT2D eigenvalue weighted by molar-refractivity contribution is 0.0927. The summed E-state index contributed by atoms with van der Waals surface area (Å²) in [5, 5.41) is 0. The van der Waals surface area contributed by atoms with Gasteiger partial charge in [-0.15, -0.1) is 0 Å². The number of carbonyl (C=O) groups excluding carboxylic acids is 1. The lowest BCUT2D eigenvalue weighted by atomic mass is 10.1. The van der Waals surface area contributed by atoms with Crippen LogP contribution in [-0.2, 0) is 4.74 Å². The SMILES string of the molecule is CCC1COCCN1c1ccccc1C=O. The number of benzene rings is 1. The predicted molar refractivity (Wildman–Crippen MR) is 64.1 cm³/mol. The van der Waals surface area contributed by atoms with Gasteiger partial charge in [-0.05, 0) is 18.6 Å². The number of hydrogen-bond donors (Lipinski definition) is 0. The molecule has 1 aliphatic rings. The maximum Gasteiger partial charge on any atom is 0.152 e. The molecule has 1 aromatic rings. The van der Waals surface area contributed by atoms with Gasteiger partial charge >= 0.3 is 0 Å². The fraction of sp³-hybridized carbons (Fsp3) is 0.462. The van der Waals surface area contributed by atoms with E-state index in [1.165, 1.54) is 0 Å². The van der Waals surface area contributed by atoms with Gasteiger partial charge in [-0.3, -0.25) is 4.79 Å². The standard InChI is InChI=1S/C13H17NO2/c1-2-12-10-16-8-7-14(12)13-6-4-3-5-11(13)9-15/h3-6,9,12H,2,7-8,10H2,1H3. The third-order valence-electron chi connectivity index (χ3n) is 3.07. The first-order valence-corrected chi connectivity index (χ1v) is 5.75. The molecular formula is C13H17NO2. The van der Waals surface area contributed by atoms with Crippen LogP contribution in [0.3, 0.4) is 0 Å². The highest BCUT2D eigenvalue weighted by atomic mass is 16.5. The van der Waals surface area contributed by atoms with E-state index >= 15 is 0 Å². The smallest absolute Gasteiger partial charge is 0.152 e. The van der Waals surface area contributed by atoms with Crippen LogP contribution in [0.4, 0.5) is 5.69 Å². The Hall–Kier alpha value is -1.35. The van der Waals surface area contributed by atoms with Crippen LogP contribution >= 0.6 is 0 Å². The number of hydrogen-bond acceptors (Lipinski definition) is 3. The predicted octanol–water partition coefficient (Wildman–Crippen LogP) is 2.11. The summed E-state index contributed by atoms with van der Waals surface area (Å²) in [6, 6.07) is 8.14. The van der Waals surface area contributed by atoms with Crippen molar-refractivity contribution in [1.82, 2.24) is 0 Å². The zero-order valence-electron chi connectivity index (χ0n) is 9.56. The largest absolute Gasteiger partial charge is 0.377 e. The third kappa shape index (κ3) is 2.09. The number of aldehydes is 1. The molecule has 1 unspecified atom stereocenters. The minimum atomic E-state index is 0.384. The molecule has 0 radical (unpaired) electrons. The normalized spacial score (nSPS) is 20.8. The van der Waals surface area contributed by atoms with E-state index in [2.05, 4.69) is 11.8 Å². The molecule has 86 valence electrons. The minimum Gasteiger partial charge on any atom is -0.377 e. The fourth-order valence-corrected chi connectivity index (χ4v) is 2.16. The maximum absolute atomic E-state index is 11.0. The van der Waals surface area contributed by atoms with E-state index in [0.717, 1.165) is 43.7 Å². The van der Waals surface area contributed by atoms with Crippen LogP contribution in [-0.4, -0.2) is 32.1 Å². The Balaban J connectivity index is 2.30. The highest BCUT2D eigenvalue weighted by Gasteiger charge is 2.22. The van der Waals surface area contributed by atoms with Gasteiger partial charge in [0, 0.05) is 17.8 Å². The number of nitrogens with zero attached hydrogens (tertiary/aromatic N) is 1. The van der Waals surface area contributed by atoms with Crippen molar-refractivity contribution in [2.45, 2.75) is 19.4 Å². The van der Waals surface area contributed by atoms with Crippen LogP contribution < -0.4 is 4.90 Å². The van der Waals surface area contributed by atoms with Gasteiger partial charge in [-0.25, -0.2) is 0 Å². The molecule has 1 aromatic carbocycles. The molecule has 0 aliphatic carbocycles. The summed E-state index contributed by atoms with van der Waals surface area (Å²) >= 11 is 0. The van der Waals surface area contributed by atoms with Crippen LogP contribution in [0.15, 0.2) is 24.3 Å². The summed E-state index contributed by atoms with van der Waals surface area (Å²) < 4.78 is 5.47. The van der Waals surface area contributed by atoms with E-state index in [0.29, 0.717) is 6.04 Å². The first-order valence-electron chi connectivity index (χ1n) is 5.75. The van der Waals surface area contributed by atoms with Gasteiger partial charge in [0.2, 0.25) is 0 Å². The molecule has 3 heteroatoms. The Kier molecular flexibility index (Phi) is 3.57. The Bertz CT molecular complexity index is 365. The number of ether oxygens (including phenoxy) is 1. The van der Waals surface area contributed by atoms with Gasteiger partial charge in [0.05, 0.1) is 19.3 Å². The van der Waals surface area contributed by atoms with E-state index in [1.54, 1.807) is 0 Å². The molecule has 2 rings (SSSR count). The van der Waals surface area contributed by atoms with Gasteiger partial charge in [-0.2, -0.15) is 0 Å². The minimum absolute atomic E-state index is 0.384. The van der Waals surface area contributed by atoms with Gasteiger partial charge in [-0.1, -0.05) is 19.1 Å². The van der Waals surface area contributed by atoms with Crippen LogP contribution in [0.5, 0.6) is 0 Å². The van der Waals surface area contributed by atoms with Crippen molar-refractivity contribution in [2.75, 3.05) is 24.7 Å². The zero-order chi connectivity index (χ0) is 11.4. The summed E-state index contributed by atoms with van der Waals surface area (Å²) in [6.07, 6.45) is 1.96. The summed E-state index contributed by atoms with van der Waals surface area (Å²) in [5.74, 6) is 0. The number of para-hydroxylation sites is 1. The van der Waals surface area contributed by atoms with Crippen LogP contribution in [0.1, 0.15) is 23.7 Å². The second-order valence-electron chi connectivity index (χ2n) is 4.01. The molecule has 0 aromatic heterocycles. The average Bonchev–Trinajstić information content (AvgIpc) is 2.38. The molecular weight excluding hydrogens is 202 g/mol. The summed E-state index contributed by atoms with van der Waals surface area (Å²) in [7, 11) is 0. The number of anilines is 1. The number of morpholine rings is 1. The molecule has 0 saturated carbocycles. The van der Waals surface area contributed by atoms with Crippen LogP contribution in [0, 0.1) is 0 Å². The maximum atomic E-state index is 11.0. The molecule has 0 bridgehead atoms. The lowest BCUT2D eigenvalue weighted by Gasteiger charge is -2.37. The second-order valence-corrected chi connectivity index (χ2v) is 4.01. The van der Waals surface area contributed by atoms with Crippen molar-refractivity contribution >= 4 is 12.0 Å². The number of rotatable bonds is 3. The second kappa shape index (κ2) is 5.12. The molecule has 1 aliphatic heterocycles. The van der Waals surface area contributed by atoms with E-state index in [9.17, 15) is 4.79 Å². The third-order valence-corrected chi connectivity index (χ3v) is 3.07. The van der Waals surface area contributed by atoms with Crippen molar-refractivity contribution in [3.05, 3.63) is 29.8 Å². The average molecular weight is 219 g/mol. The van der Waals surface area contributed by atoms with Crippen molar-refractivity contribution < 1.29 is 9.53 Å². The van der Waals surface area contributed by atoms with Crippen LogP contribution in [0.25, 0.3) is 0 Å². The van der Waals surface area contributed by atoms with Gasteiger partial charge in [0.1, 0.15) is 0 Å². The fourth-order valence-electron chi connectivity index (χ4n) is 2.16. The first kappa shape index (κ1) is 11.1. The van der Waals surface area contributed by atoms with Crippen molar-refractivity contribution in [1.29, 1.82) is 0 Å². The molecule has 1 saturated heterocycles. The Morgan fingerprint density at radius 3 is 3.06 bits per heavy atom. The van der Waals surface area contributed by atoms with Crippen LogP contribution in [0.2, 0.25) is 0 Å². The molecule has 16 heavy (non-hydrogen) atoms. The topological polar surface area (TPSA) is 29.5 Å². The molecule has 1 heterocycles. The van der Waals surface area contributed by atoms with Crippen molar-refractivity contribution in [3.63, 3.8) is 0 Å². The van der Waals surface area contributed by atoms with E-state index in [-0.39, 0.29) is 0 Å². The van der Waals surface area contributed by atoms with E-state index < -0.39 is 0 Å². The quantitative estimate of drug-likeness (QED) is 0.729. The Morgan fingerprint density at radius 1 is 1.50 bits per heavy atom. The molecule has 0 amide bonds. The van der Waals surface area contributed by atoms with Crippen molar-refractivity contribution in [2.24, 2.45) is 0 Å². The molecule has 1 fully saturated rings. The van der Waals surface area contributed by atoms with E-state index in [1.807, 2.05) is 24.3 Å². The highest BCUT2D eigenvalue weighted by molar-refractivity contribution is 5.84. The lowest BCUT2D eigenvalue weighted by Crippen LogP contribution is -2.45. The van der Waals surface area contributed by atoms with Gasteiger partial charge in [0.15, 0.2) is 6.29 Å². The number of carbonyl (C=O) groups is 1. The molecule has 1 atom stereocenters. The summed E-state index contributed by atoms with van der Waals surface area (Å²) in [5.41, 5.74) is 1.80. The molecule has 0 N–H and O–H groups in total. The molecule has 0 spiro atoms. The molecule has 3 nitrogen and oxygen atoms in total. The highest BCUT2D eigenvalue weighted by Crippen LogP contribution is 2.24. The van der Waals surface area contributed by atoms with Gasteiger partial charge < -0.3 is 9.64 Å². The Morgan fingerprint density at radius 2 is 2.31 bits per heavy atom. The van der Waals surface area contributed by atoms with Gasteiger partial charge in [0.25, 0.3) is 0 Å².